The number of hydrogen-bond acceptors (Lipinski definition) is 6. The van der Waals surface area contributed by atoms with Crippen LogP contribution in [0, 0.1) is 16.0 Å². The molecule has 1 N–H and O–H groups in total. The molecule has 1 aliphatic heterocycles. The summed E-state index contributed by atoms with van der Waals surface area (Å²) in [7, 11) is 1.56. The van der Waals surface area contributed by atoms with E-state index in [9.17, 15) is 24.5 Å². The lowest BCUT2D eigenvalue weighted by Gasteiger charge is -2.24. The topological polar surface area (TPSA) is 119 Å². The summed E-state index contributed by atoms with van der Waals surface area (Å²) >= 11 is 0. The van der Waals surface area contributed by atoms with Crippen LogP contribution in [0.25, 0.3) is 0 Å². The third-order valence-corrected chi connectivity index (χ3v) is 4.93. The van der Waals surface area contributed by atoms with Crippen LogP contribution in [0.2, 0.25) is 0 Å². The summed E-state index contributed by atoms with van der Waals surface area (Å²) in [5.41, 5.74) is 0.0395. The molecule has 0 radical (unpaired) electrons. The Labute approximate surface area is 172 Å². The van der Waals surface area contributed by atoms with Gasteiger partial charge in [0.25, 0.3) is 17.5 Å². The Bertz CT molecular complexity index is 1020. The van der Waals surface area contributed by atoms with Gasteiger partial charge in [-0.1, -0.05) is 32.0 Å². The van der Waals surface area contributed by atoms with Crippen molar-refractivity contribution in [3.05, 3.63) is 69.3 Å². The zero-order valence-electron chi connectivity index (χ0n) is 16.7. The first-order valence-electron chi connectivity index (χ1n) is 9.31. The molecule has 0 bridgehead atoms. The van der Waals surface area contributed by atoms with Crippen molar-refractivity contribution in [3.63, 3.8) is 0 Å². The molecule has 3 rings (SSSR count). The van der Waals surface area contributed by atoms with Gasteiger partial charge in [0.15, 0.2) is 0 Å². The van der Waals surface area contributed by atoms with E-state index in [1.807, 2.05) is 26.0 Å². The van der Waals surface area contributed by atoms with Crippen LogP contribution in [0.4, 0.5) is 5.69 Å². The van der Waals surface area contributed by atoms with E-state index in [1.54, 1.807) is 19.2 Å². The number of fused-ring (bicyclic) bond motifs is 1. The number of hydrogen-bond donors (Lipinski definition) is 1. The summed E-state index contributed by atoms with van der Waals surface area (Å²) in [4.78, 5) is 49.1. The van der Waals surface area contributed by atoms with Gasteiger partial charge < -0.3 is 10.1 Å². The van der Waals surface area contributed by atoms with Crippen LogP contribution in [0.3, 0.4) is 0 Å². The highest BCUT2D eigenvalue weighted by Gasteiger charge is 2.41. The fraction of sp³-hybridized carbons (Fsp3) is 0.286. The average Bonchev–Trinajstić information content (AvgIpc) is 2.96. The van der Waals surface area contributed by atoms with Crippen molar-refractivity contribution in [2.75, 3.05) is 13.7 Å². The third kappa shape index (κ3) is 3.86. The molecular weight excluding hydrogens is 390 g/mol. The van der Waals surface area contributed by atoms with Crippen LogP contribution >= 0.6 is 0 Å². The van der Waals surface area contributed by atoms with Gasteiger partial charge >= 0.3 is 0 Å². The Kier molecular flexibility index (Phi) is 5.81. The molecule has 3 amide bonds. The largest absolute Gasteiger partial charge is 0.497 e. The molecule has 0 spiro atoms. The summed E-state index contributed by atoms with van der Waals surface area (Å²) in [5.74, 6) is -1.39. The normalized spacial score (nSPS) is 13.9. The van der Waals surface area contributed by atoms with Gasteiger partial charge in [-0.15, -0.1) is 0 Å². The van der Waals surface area contributed by atoms with Crippen molar-refractivity contribution in [2.45, 2.75) is 19.9 Å². The maximum Gasteiger partial charge on any atom is 0.282 e. The molecule has 0 fully saturated rings. The zero-order valence-corrected chi connectivity index (χ0v) is 16.7. The quantitative estimate of drug-likeness (QED) is 0.425. The summed E-state index contributed by atoms with van der Waals surface area (Å²) < 4.78 is 5.14. The predicted molar refractivity (Wildman–Crippen MR) is 107 cm³/mol. The first-order valence-corrected chi connectivity index (χ1v) is 9.31. The van der Waals surface area contributed by atoms with E-state index in [2.05, 4.69) is 5.32 Å². The molecule has 156 valence electrons. The number of carbonyl (C=O) groups excluding carboxylic acids is 3. The molecule has 0 aliphatic carbocycles. The fourth-order valence-corrected chi connectivity index (χ4v) is 3.42. The molecule has 1 unspecified atom stereocenters. The van der Waals surface area contributed by atoms with Crippen molar-refractivity contribution >= 4 is 23.4 Å². The van der Waals surface area contributed by atoms with Gasteiger partial charge in [-0.05, 0) is 29.7 Å². The standard InChI is InChI=1S/C21H21N3O6/c1-12(2)19(13-7-9-14(30-3)10-8-13)22-17(25)11-23-20(26)15-5-4-6-16(24(28)29)18(15)21(23)27/h4-10,12,19H,11H2,1-3H3,(H,22,25). The number of nitrogens with zero attached hydrogens (tertiary/aromatic N) is 2. The monoisotopic (exact) mass is 411 g/mol. The van der Waals surface area contributed by atoms with Crippen LogP contribution in [-0.4, -0.2) is 41.2 Å². The number of nitro benzene ring substituents is 1. The van der Waals surface area contributed by atoms with Crippen LogP contribution in [-0.2, 0) is 4.79 Å². The van der Waals surface area contributed by atoms with Gasteiger partial charge in [0, 0.05) is 6.07 Å². The lowest BCUT2D eigenvalue weighted by molar-refractivity contribution is -0.385. The highest BCUT2D eigenvalue weighted by atomic mass is 16.6. The Morgan fingerprint density at radius 2 is 1.80 bits per heavy atom. The molecular formula is C21H21N3O6. The Balaban J connectivity index is 1.78. The maximum atomic E-state index is 12.7. The highest BCUT2D eigenvalue weighted by molar-refractivity contribution is 6.24. The maximum absolute atomic E-state index is 12.7. The van der Waals surface area contributed by atoms with Crippen molar-refractivity contribution in [2.24, 2.45) is 5.92 Å². The fourth-order valence-electron chi connectivity index (χ4n) is 3.42. The van der Waals surface area contributed by atoms with Crippen LogP contribution in [0.1, 0.15) is 46.2 Å². The first-order chi connectivity index (χ1) is 14.2. The van der Waals surface area contributed by atoms with E-state index in [4.69, 9.17) is 4.74 Å². The molecule has 2 aromatic carbocycles. The minimum Gasteiger partial charge on any atom is -0.497 e. The molecule has 0 saturated heterocycles. The van der Waals surface area contributed by atoms with Crippen molar-refractivity contribution in [1.29, 1.82) is 0 Å². The molecule has 1 aliphatic rings. The Morgan fingerprint density at radius 1 is 1.13 bits per heavy atom. The molecule has 1 atom stereocenters. The van der Waals surface area contributed by atoms with Gasteiger partial charge in [-0.3, -0.25) is 29.4 Å². The number of nitrogens with one attached hydrogen (secondary N) is 1. The number of amides is 3. The van der Waals surface area contributed by atoms with E-state index < -0.39 is 34.9 Å². The Hall–Kier alpha value is -3.75. The van der Waals surface area contributed by atoms with Gasteiger partial charge in [0.2, 0.25) is 5.91 Å². The van der Waals surface area contributed by atoms with Gasteiger partial charge in [-0.2, -0.15) is 0 Å². The first kappa shape index (κ1) is 21.0. The van der Waals surface area contributed by atoms with Gasteiger partial charge in [0.1, 0.15) is 17.9 Å². The average molecular weight is 411 g/mol. The van der Waals surface area contributed by atoms with Crippen molar-refractivity contribution in [1.82, 2.24) is 10.2 Å². The predicted octanol–water partition coefficient (Wildman–Crippen LogP) is 2.71. The number of methoxy groups -OCH3 is 1. The molecule has 9 heteroatoms. The number of imide groups is 1. The molecule has 1 heterocycles. The number of carbonyl (C=O) groups is 3. The molecule has 0 saturated carbocycles. The summed E-state index contributed by atoms with van der Waals surface area (Å²) in [6.45, 7) is 3.34. The van der Waals surface area contributed by atoms with Gasteiger partial charge in [0.05, 0.1) is 23.6 Å². The molecule has 0 aromatic heterocycles. The summed E-state index contributed by atoms with van der Waals surface area (Å²) in [6.07, 6.45) is 0. The minimum atomic E-state index is -0.844. The number of benzene rings is 2. The SMILES string of the molecule is COc1ccc(C(NC(=O)CN2C(=O)c3cccc([N+](=O)[O-])c3C2=O)C(C)C)cc1. The van der Waals surface area contributed by atoms with E-state index in [-0.39, 0.29) is 23.1 Å². The van der Waals surface area contributed by atoms with Crippen LogP contribution in [0.5, 0.6) is 5.75 Å². The number of nitro groups is 1. The van der Waals surface area contributed by atoms with Gasteiger partial charge in [-0.25, -0.2) is 0 Å². The summed E-state index contributed by atoms with van der Waals surface area (Å²) in [5, 5.41) is 14.0. The van der Waals surface area contributed by atoms with Crippen LogP contribution in [0.15, 0.2) is 42.5 Å². The number of ether oxygens (including phenoxy) is 1. The minimum absolute atomic E-state index is 0.0330. The van der Waals surface area contributed by atoms with E-state index >= 15 is 0 Å². The lowest BCUT2D eigenvalue weighted by atomic mass is 9.96. The van der Waals surface area contributed by atoms with E-state index in [0.717, 1.165) is 16.5 Å². The second kappa shape index (κ2) is 8.32. The molecule has 2 aromatic rings. The molecule has 9 nitrogen and oxygen atoms in total. The smallest absolute Gasteiger partial charge is 0.282 e. The third-order valence-electron chi connectivity index (χ3n) is 4.93. The second-order valence-electron chi connectivity index (χ2n) is 7.22. The van der Waals surface area contributed by atoms with E-state index in [0.29, 0.717) is 5.75 Å². The van der Waals surface area contributed by atoms with Crippen LogP contribution < -0.4 is 10.1 Å². The molecule has 30 heavy (non-hydrogen) atoms. The van der Waals surface area contributed by atoms with Crippen molar-refractivity contribution in [3.8, 4) is 5.75 Å². The van der Waals surface area contributed by atoms with E-state index in [1.165, 1.54) is 12.1 Å². The number of rotatable bonds is 7. The second-order valence-corrected chi connectivity index (χ2v) is 7.22. The lowest BCUT2D eigenvalue weighted by Crippen LogP contribution is -2.42. The Morgan fingerprint density at radius 3 is 2.37 bits per heavy atom. The van der Waals surface area contributed by atoms with Crippen molar-refractivity contribution < 1.29 is 24.0 Å². The summed E-state index contributed by atoms with van der Waals surface area (Å²) in [6, 6.07) is 10.7. The zero-order chi connectivity index (χ0) is 22.0. The highest BCUT2D eigenvalue weighted by Crippen LogP contribution is 2.31.